The molecule has 106 valence electrons. The lowest BCUT2D eigenvalue weighted by Crippen LogP contribution is -2.48. The summed E-state index contributed by atoms with van der Waals surface area (Å²) in [7, 11) is 1.80. The predicted molar refractivity (Wildman–Crippen MR) is 71.4 cm³/mol. The molecule has 0 saturated carbocycles. The second-order valence-corrected chi connectivity index (χ2v) is 4.50. The van der Waals surface area contributed by atoms with Gasteiger partial charge in [0.25, 0.3) is 0 Å². The predicted octanol–water partition coefficient (Wildman–Crippen LogP) is -0.158. The summed E-state index contributed by atoms with van der Waals surface area (Å²) in [4.78, 5) is 29.9. The summed E-state index contributed by atoms with van der Waals surface area (Å²) in [6.45, 7) is 1.98. The minimum Gasteiger partial charge on any atom is -0.480 e. The number of aliphatic imine (C=N–C) groups is 1. The number of carboxylic acid groups (broad SMARTS) is 1. The maximum atomic E-state index is 12.1. The van der Waals surface area contributed by atoms with Crippen molar-refractivity contribution in [2.45, 2.75) is 25.8 Å². The fraction of sp³-hybridized carbons (Fsp3) is 0.583. The van der Waals surface area contributed by atoms with E-state index in [2.05, 4.69) is 4.99 Å². The Balaban J connectivity index is 2.56. The van der Waals surface area contributed by atoms with E-state index in [9.17, 15) is 9.59 Å². The maximum absolute atomic E-state index is 12.1. The summed E-state index contributed by atoms with van der Waals surface area (Å²) in [5.41, 5.74) is 5.43. The Morgan fingerprint density at radius 3 is 2.79 bits per heavy atom. The number of amidine groups is 1. The van der Waals surface area contributed by atoms with Crippen LogP contribution in [0.1, 0.15) is 19.8 Å². The maximum Gasteiger partial charge on any atom is 0.323 e. The van der Waals surface area contributed by atoms with Crippen LogP contribution in [0.25, 0.3) is 0 Å². The van der Waals surface area contributed by atoms with E-state index in [4.69, 9.17) is 10.8 Å². The van der Waals surface area contributed by atoms with Crippen molar-refractivity contribution >= 4 is 17.7 Å². The first kappa shape index (κ1) is 15.0. The molecule has 19 heavy (non-hydrogen) atoms. The van der Waals surface area contributed by atoms with Crippen LogP contribution in [-0.2, 0) is 9.59 Å². The third-order valence-electron chi connectivity index (χ3n) is 2.84. The Bertz CT molecular complexity index is 402. The van der Waals surface area contributed by atoms with E-state index in [1.807, 2.05) is 0 Å². The SMILES string of the molecule is CC(N)=NCCC[C@H]1C(=O)N(CC(=O)O)C=CN1C. The van der Waals surface area contributed by atoms with Crippen LogP contribution in [0.5, 0.6) is 0 Å². The number of amides is 1. The van der Waals surface area contributed by atoms with Gasteiger partial charge in [0, 0.05) is 26.0 Å². The van der Waals surface area contributed by atoms with E-state index in [1.165, 1.54) is 11.1 Å². The summed E-state index contributed by atoms with van der Waals surface area (Å²) in [6, 6.07) is -0.336. The van der Waals surface area contributed by atoms with Gasteiger partial charge >= 0.3 is 5.97 Å². The minimum absolute atomic E-state index is 0.194. The minimum atomic E-state index is -1.02. The van der Waals surface area contributed by atoms with E-state index in [0.29, 0.717) is 18.8 Å². The first-order valence-electron chi connectivity index (χ1n) is 6.11. The third kappa shape index (κ3) is 4.61. The molecule has 7 heteroatoms. The number of hydrogen-bond donors (Lipinski definition) is 2. The van der Waals surface area contributed by atoms with Crippen molar-refractivity contribution < 1.29 is 14.7 Å². The molecule has 0 aromatic rings. The van der Waals surface area contributed by atoms with E-state index < -0.39 is 5.97 Å². The largest absolute Gasteiger partial charge is 0.480 e. The van der Waals surface area contributed by atoms with Gasteiger partial charge in [-0.3, -0.25) is 14.6 Å². The summed E-state index contributed by atoms with van der Waals surface area (Å²) in [5.74, 6) is -0.693. The molecule has 1 aliphatic heterocycles. The molecule has 0 spiro atoms. The number of likely N-dealkylation sites (N-methyl/N-ethyl adjacent to an activating group) is 1. The van der Waals surface area contributed by atoms with E-state index >= 15 is 0 Å². The van der Waals surface area contributed by atoms with Crippen LogP contribution < -0.4 is 5.73 Å². The smallest absolute Gasteiger partial charge is 0.323 e. The molecular weight excluding hydrogens is 248 g/mol. The lowest BCUT2D eigenvalue weighted by atomic mass is 10.1. The van der Waals surface area contributed by atoms with Gasteiger partial charge in [-0.15, -0.1) is 0 Å². The zero-order valence-corrected chi connectivity index (χ0v) is 11.2. The number of nitrogens with zero attached hydrogens (tertiary/aromatic N) is 3. The molecule has 0 aromatic carbocycles. The number of carboxylic acids is 1. The normalized spacial score (nSPS) is 20.0. The van der Waals surface area contributed by atoms with Gasteiger partial charge in [-0.1, -0.05) is 0 Å². The number of carbonyl (C=O) groups excluding carboxylic acids is 1. The Labute approximate surface area is 112 Å². The molecule has 7 nitrogen and oxygen atoms in total. The van der Waals surface area contributed by atoms with Crippen LogP contribution in [0, 0.1) is 0 Å². The van der Waals surface area contributed by atoms with Gasteiger partial charge < -0.3 is 20.6 Å². The van der Waals surface area contributed by atoms with Gasteiger partial charge in [0.05, 0.1) is 5.84 Å². The van der Waals surface area contributed by atoms with Crippen molar-refractivity contribution in [2.75, 3.05) is 20.1 Å². The molecule has 0 saturated heterocycles. The highest BCUT2D eigenvalue weighted by Crippen LogP contribution is 2.15. The summed E-state index contributed by atoms with van der Waals surface area (Å²) >= 11 is 0. The molecule has 1 heterocycles. The van der Waals surface area contributed by atoms with Crippen LogP contribution in [-0.4, -0.2) is 58.8 Å². The lowest BCUT2D eigenvalue weighted by Gasteiger charge is -2.34. The summed E-state index contributed by atoms with van der Waals surface area (Å²) in [5, 5.41) is 8.74. The van der Waals surface area contributed by atoms with Gasteiger partial charge in [-0.25, -0.2) is 0 Å². The van der Waals surface area contributed by atoms with Gasteiger partial charge in [0.15, 0.2) is 0 Å². The molecule has 1 rings (SSSR count). The average molecular weight is 268 g/mol. The Morgan fingerprint density at radius 1 is 1.53 bits per heavy atom. The van der Waals surface area contributed by atoms with E-state index in [1.54, 1.807) is 25.1 Å². The Hall–Kier alpha value is -2.05. The molecule has 1 amide bonds. The molecule has 0 fully saturated rings. The van der Waals surface area contributed by atoms with Gasteiger partial charge in [-0.2, -0.15) is 0 Å². The molecule has 1 atom stereocenters. The van der Waals surface area contributed by atoms with Crippen molar-refractivity contribution in [3.05, 3.63) is 12.4 Å². The third-order valence-corrected chi connectivity index (χ3v) is 2.84. The molecular formula is C12H20N4O3. The van der Waals surface area contributed by atoms with Crippen molar-refractivity contribution in [2.24, 2.45) is 10.7 Å². The first-order chi connectivity index (χ1) is 8.91. The monoisotopic (exact) mass is 268 g/mol. The van der Waals surface area contributed by atoms with Crippen molar-refractivity contribution in [1.82, 2.24) is 9.80 Å². The van der Waals surface area contributed by atoms with Gasteiger partial charge in [0.2, 0.25) is 5.91 Å². The van der Waals surface area contributed by atoms with Crippen molar-refractivity contribution in [1.29, 1.82) is 0 Å². The van der Waals surface area contributed by atoms with Crippen LogP contribution in [0.3, 0.4) is 0 Å². The summed E-state index contributed by atoms with van der Waals surface area (Å²) < 4.78 is 0. The fourth-order valence-corrected chi connectivity index (χ4v) is 1.87. The molecule has 0 radical (unpaired) electrons. The Morgan fingerprint density at radius 2 is 2.21 bits per heavy atom. The molecule has 3 N–H and O–H groups in total. The molecule has 0 aliphatic carbocycles. The second-order valence-electron chi connectivity index (χ2n) is 4.50. The second kappa shape index (κ2) is 6.77. The van der Waals surface area contributed by atoms with Crippen molar-refractivity contribution in [3.63, 3.8) is 0 Å². The lowest BCUT2D eigenvalue weighted by molar-refractivity contribution is -0.145. The van der Waals surface area contributed by atoms with Crippen LogP contribution in [0.15, 0.2) is 17.4 Å². The zero-order chi connectivity index (χ0) is 14.4. The van der Waals surface area contributed by atoms with Crippen LogP contribution in [0.4, 0.5) is 0 Å². The Kier molecular flexibility index (Phi) is 5.35. The standard InChI is InChI=1S/C12H20N4O3/c1-9(13)14-5-3-4-10-12(19)16(8-11(17)18)7-6-15(10)2/h6-7,10H,3-5,8H2,1-2H3,(H2,13,14)(H,17,18)/t10-/m0/s1. The highest BCUT2D eigenvalue weighted by Gasteiger charge is 2.29. The highest BCUT2D eigenvalue weighted by molar-refractivity contribution is 5.87. The number of hydrogen-bond acceptors (Lipinski definition) is 4. The number of nitrogens with two attached hydrogens (primary N) is 1. The number of carbonyl (C=O) groups is 2. The van der Waals surface area contributed by atoms with Crippen LogP contribution in [0.2, 0.25) is 0 Å². The molecule has 0 bridgehead atoms. The molecule has 0 unspecified atom stereocenters. The van der Waals surface area contributed by atoms with Crippen molar-refractivity contribution in [3.8, 4) is 0 Å². The van der Waals surface area contributed by atoms with E-state index in [-0.39, 0.29) is 18.5 Å². The summed E-state index contributed by atoms with van der Waals surface area (Å²) in [6.07, 6.45) is 4.55. The first-order valence-corrected chi connectivity index (χ1v) is 6.11. The number of rotatable bonds is 6. The molecule has 1 aliphatic rings. The van der Waals surface area contributed by atoms with E-state index in [0.717, 1.165) is 6.42 Å². The topological polar surface area (TPSA) is 99.2 Å². The zero-order valence-electron chi connectivity index (χ0n) is 11.2. The highest BCUT2D eigenvalue weighted by atomic mass is 16.4. The number of aliphatic carboxylic acids is 1. The quantitative estimate of drug-likeness (QED) is 0.396. The van der Waals surface area contributed by atoms with Gasteiger partial charge in [0.1, 0.15) is 12.6 Å². The molecule has 0 aromatic heterocycles. The van der Waals surface area contributed by atoms with Gasteiger partial charge in [-0.05, 0) is 19.8 Å². The average Bonchev–Trinajstić information content (AvgIpc) is 2.31. The fourth-order valence-electron chi connectivity index (χ4n) is 1.87. The van der Waals surface area contributed by atoms with Crippen LogP contribution >= 0.6 is 0 Å².